The average molecular weight is 559 g/mol. The van der Waals surface area contributed by atoms with E-state index in [0.29, 0.717) is 38.3 Å². The van der Waals surface area contributed by atoms with Crippen molar-refractivity contribution in [3.8, 4) is 0 Å². The van der Waals surface area contributed by atoms with Crippen LogP contribution in [-0.2, 0) is 13.1 Å². The van der Waals surface area contributed by atoms with E-state index in [1.807, 2.05) is 25.1 Å². The number of hydrogen-bond donors (Lipinski definition) is 1. The van der Waals surface area contributed by atoms with Crippen molar-refractivity contribution in [3.05, 3.63) is 35.1 Å². The highest BCUT2D eigenvalue weighted by Crippen LogP contribution is 2.21. The first-order valence-corrected chi connectivity index (χ1v) is 10.3. The molecule has 0 saturated carbocycles. The minimum absolute atomic E-state index is 0. The van der Waals surface area contributed by atoms with E-state index in [1.165, 1.54) is 11.0 Å². The Balaban J connectivity index is 0.00000480. The van der Waals surface area contributed by atoms with Gasteiger partial charge in [0.25, 0.3) is 0 Å². The number of benzene rings is 1. The molecule has 1 unspecified atom stereocenters. The molecule has 1 saturated heterocycles. The first kappa shape index (κ1) is 27.9. The van der Waals surface area contributed by atoms with Crippen LogP contribution < -0.4 is 5.32 Å². The maximum Gasteiger partial charge on any atom is 0.401 e. The molecule has 5 nitrogen and oxygen atoms in total. The molecule has 1 aliphatic heterocycles. The number of aliphatic imine (C=N–C) groups is 1. The van der Waals surface area contributed by atoms with E-state index < -0.39 is 12.7 Å². The van der Waals surface area contributed by atoms with Gasteiger partial charge in [0, 0.05) is 45.3 Å². The van der Waals surface area contributed by atoms with Gasteiger partial charge in [-0.2, -0.15) is 13.2 Å². The molecule has 0 bridgehead atoms. The molecule has 1 atom stereocenters. The summed E-state index contributed by atoms with van der Waals surface area (Å²) in [5, 5.41) is 3.30. The summed E-state index contributed by atoms with van der Waals surface area (Å²) in [7, 11) is 5.48. The molecule has 1 N–H and O–H groups in total. The molecule has 0 aromatic heterocycles. The topological polar surface area (TPSA) is 34.1 Å². The first-order valence-electron chi connectivity index (χ1n) is 10.3. The van der Waals surface area contributed by atoms with Crippen molar-refractivity contribution >= 4 is 29.9 Å². The van der Waals surface area contributed by atoms with Crippen molar-refractivity contribution in [2.45, 2.75) is 32.6 Å². The van der Waals surface area contributed by atoms with Gasteiger partial charge in [-0.05, 0) is 50.7 Å². The summed E-state index contributed by atoms with van der Waals surface area (Å²) in [6.45, 7) is 4.14. The number of rotatable bonds is 8. The second-order valence-corrected chi connectivity index (χ2v) is 8.11. The van der Waals surface area contributed by atoms with Crippen LogP contribution in [0.2, 0.25) is 0 Å². The molecule has 178 valence electrons. The third-order valence-electron chi connectivity index (χ3n) is 5.21. The molecule has 0 radical (unpaired) electrons. The number of guanidine groups is 1. The molecule has 1 aromatic rings. The Hall–Kier alpha value is -1.14. The van der Waals surface area contributed by atoms with Crippen LogP contribution in [0.3, 0.4) is 0 Å². The summed E-state index contributed by atoms with van der Waals surface area (Å²) in [5.74, 6) is 0.664. The molecule has 31 heavy (non-hydrogen) atoms. The van der Waals surface area contributed by atoms with E-state index in [9.17, 15) is 17.6 Å². The predicted octanol–water partition coefficient (Wildman–Crippen LogP) is 3.79. The standard InChI is InChI=1S/C21H33F4N5.HI/c1-5-29(15-21(23,24)25)12-17-8-9-30(13-17)20(26-2)27-11-16-6-7-19(22)18(10-16)14-28(3)4;/h6-7,10,17H,5,8-9,11-15H2,1-4H3,(H,26,27);1H. The van der Waals surface area contributed by atoms with Crippen LogP contribution in [0.4, 0.5) is 17.6 Å². The summed E-state index contributed by atoms with van der Waals surface area (Å²) < 4.78 is 52.1. The predicted molar refractivity (Wildman–Crippen MR) is 127 cm³/mol. The number of likely N-dealkylation sites (tertiary alicyclic amines) is 1. The van der Waals surface area contributed by atoms with Crippen molar-refractivity contribution in [2.75, 3.05) is 53.9 Å². The van der Waals surface area contributed by atoms with Gasteiger partial charge in [-0.3, -0.25) is 9.89 Å². The Morgan fingerprint density at radius 2 is 2.00 bits per heavy atom. The minimum Gasteiger partial charge on any atom is -0.352 e. The Morgan fingerprint density at radius 3 is 2.58 bits per heavy atom. The summed E-state index contributed by atoms with van der Waals surface area (Å²) in [4.78, 5) is 9.77. The second-order valence-electron chi connectivity index (χ2n) is 8.11. The van der Waals surface area contributed by atoms with E-state index in [0.717, 1.165) is 24.5 Å². The van der Waals surface area contributed by atoms with Crippen molar-refractivity contribution < 1.29 is 17.6 Å². The van der Waals surface area contributed by atoms with Gasteiger partial charge in [0.1, 0.15) is 5.82 Å². The molecule has 0 aliphatic carbocycles. The lowest BCUT2D eigenvalue weighted by Gasteiger charge is -2.26. The highest BCUT2D eigenvalue weighted by molar-refractivity contribution is 14.0. The maximum atomic E-state index is 14.0. The van der Waals surface area contributed by atoms with Crippen molar-refractivity contribution in [1.29, 1.82) is 0 Å². The Morgan fingerprint density at radius 1 is 1.29 bits per heavy atom. The highest BCUT2D eigenvalue weighted by Gasteiger charge is 2.33. The Labute approximate surface area is 199 Å². The van der Waals surface area contributed by atoms with Crippen LogP contribution in [0.25, 0.3) is 0 Å². The summed E-state index contributed by atoms with van der Waals surface area (Å²) in [6, 6.07) is 5.07. The van der Waals surface area contributed by atoms with Crippen LogP contribution in [0.5, 0.6) is 0 Å². The van der Waals surface area contributed by atoms with Crippen LogP contribution in [0, 0.1) is 11.7 Å². The van der Waals surface area contributed by atoms with E-state index in [2.05, 4.69) is 15.2 Å². The zero-order chi connectivity index (χ0) is 22.3. The minimum atomic E-state index is -4.17. The molecule has 1 fully saturated rings. The van der Waals surface area contributed by atoms with Gasteiger partial charge < -0.3 is 15.1 Å². The Bertz CT molecular complexity index is 712. The van der Waals surface area contributed by atoms with E-state index in [1.54, 1.807) is 20.0 Å². The number of nitrogens with zero attached hydrogens (tertiary/aromatic N) is 4. The lowest BCUT2D eigenvalue weighted by atomic mass is 10.1. The molecular formula is C21H34F4IN5. The van der Waals surface area contributed by atoms with Crippen molar-refractivity contribution in [3.63, 3.8) is 0 Å². The fraction of sp³-hybridized carbons (Fsp3) is 0.667. The second kappa shape index (κ2) is 12.8. The molecule has 10 heteroatoms. The molecule has 2 rings (SSSR count). The van der Waals surface area contributed by atoms with E-state index >= 15 is 0 Å². The lowest BCUT2D eigenvalue weighted by Crippen LogP contribution is -2.41. The zero-order valence-electron chi connectivity index (χ0n) is 18.7. The molecule has 1 heterocycles. The number of hydrogen-bond acceptors (Lipinski definition) is 3. The largest absolute Gasteiger partial charge is 0.401 e. The SMILES string of the molecule is CCN(CC1CCN(C(=NC)NCc2ccc(F)c(CN(C)C)c2)C1)CC(F)(F)F.I. The van der Waals surface area contributed by atoms with Crippen LogP contribution in [-0.4, -0.2) is 80.7 Å². The third kappa shape index (κ3) is 9.48. The quantitative estimate of drug-likeness (QED) is 0.228. The first-order chi connectivity index (χ1) is 14.1. The average Bonchev–Trinajstić information content (AvgIpc) is 3.11. The van der Waals surface area contributed by atoms with Gasteiger partial charge in [-0.1, -0.05) is 13.0 Å². The zero-order valence-corrected chi connectivity index (χ0v) is 21.0. The fourth-order valence-corrected chi connectivity index (χ4v) is 3.81. The maximum absolute atomic E-state index is 14.0. The van der Waals surface area contributed by atoms with Gasteiger partial charge in [-0.25, -0.2) is 4.39 Å². The monoisotopic (exact) mass is 559 g/mol. The van der Waals surface area contributed by atoms with Gasteiger partial charge in [0.05, 0.1) is 6.54 Å². The molecule has 1 aromatic carbocycles. The summed E-state index contributed by atoms with van der Waals surface area (Å²) >= 11 is 0. The van der Waals surface area contributed by atoms with Crippen molar-refractivity contribution in [2.24, 2.45) is 10.9 Å². The smallest absolute Gasteiger partial charge is 0.352 e. The van der Waals surface area contributed by atoms with Crippen LogP contribution >= 0.6 is 24.0 Å². The normalized spacial score (nSPS) is 17.4. The molecule has 0 amide bonds. The van der Waals surface area contributed by atoms with Crippen LogP contribution in [0.1, 0.15) is 24.5 Å². The lowest BCUT2D eigenvalue weighted by molar-refractivity contribution is -0.146. The molecular weight excluding hydrogens is 525 g/mol. The highest BCUT2D eigenvalue weighted by atomic mass is 127. The van der Waals surface area contributed by atoms with E-state index in [-0.39, 0.29) is 35.7 Å². The summed E-state index contributed by atoms with van der Waals surface area (Å²) in [5.41, 5.74) is 1.59. The van der Waals surface area contributed by atoms with Crippen molar-refractivity contribution in [1.82, 2.24) is 20.0 Å². The van der Waals surface area contributed by atoms with E-state index in [4.69, 9.17) is 0 Å². The number of nitrogens with one attached hydrogen (secondary N) is 1. The van der Waals surface area contributed by atoms with Crippen LogP contribution in [0.15, 0.2) is 23.2 Å². The fourth-order valence-electron chi connectivity index (χ4n) is 3.81. The Kier molecular flexibility index (Phi) is 11.5. The van der Waals surface area contributed by atoms with Gasteiger partial charge in [-0.15, -0.1) is 24.0 Å². The van der Waals surface area contributed by atoms with Gasteiger partial charge in [0.15, 0.2) is 5.96 Å². The number of alkyl halides is 3. The third-order valence-corrected chi connectivity index (χ3v) is 5.21. The number of halogens is 5. The van der Waals surface area contributed by atoms with Gasteiger partial charge in [0.2, 0.25) is 0 Å². The summed E-state index contributed by atoms with van der Waals surface area (Å²) in [6.07, 6.45) is -3.34. The molecule has 0 spiro atoms. The van der Waals surface area contributed by atoms with Gasteiger partial charge >= 0.3 is 6.18 Å². The molecule has 1 aliphatic rings.